The highest BCUT2D eigenvalue weighted by molar-refractivity contribution is 9.10. The fraction of sp³-hybridized carbons (Fsp3) is 0.500. The third-order valence-electron chi connectivity index (χ3n) is 4.00. The average Bonchev–Trinajstić information content (AvgIpc) is 2.51. The molecular formula is C16H22BrN3O2. The molecule has 6 heteroatoms. The highest BCUT2D eigenvalue weighted by atomic mass is 79.9. The van der Waals surface area contributed by atoms with Crippen molar-refractivity contribution in [3.05, 3.63) is 33.8 Å². The number of rotatable bonds is 4. The van der Waals surface area contributed by atoms with E-state index in [0.717, 1.165) is 16.5 Å². The molecule has 120 valence electrons. The van der Waals surface area contributed by atoms with Crippen LogP contribution in [-0.2, 0) is 22.6 Å². The maximum atomic E-state index is 12.3. The molecule has 0 saturated heterocycles. The predicted molar refractivity (Wildman–Crippen MR) is 89.1 cm³/mol. The third kappa shape index (κ3) is 3.87. The lowest BCUT2D eigenvalue weighted by molar-refractivity contribution is -0.134. The van der Waals surface area contributed by atoms with Crippen LogP contribution < -0.4 is 11.1 Å². The van der Waals surface area contributed by atoms with Gasteiger partial charge in [0.15, 0.2) is 0 Å². The Morgan fingerprint density at radius 1 is 1.41 bits per heavy atom. The van der Waals surface area contributed by atoms with Gasteiger partial charge in [0.05, 0.1) is 12.6 Å². The second-order valence-corrected chi connectivity index (χ2v) is 6.78. The molecule has 0 fully saturated rings. The molecular weight excluding hydrogens is 346 g/mol. The van der Waals surface area contributed by atoms with Gasteiger partial charge in [0.1, 0.15) is 0 Å². The van der Waals surface area contributed by atoms with E-state index in [1.807, 2.05) is 26.0 Å². The van der Waals surface area contributed by atoms with Gasteiger partial charge >= 0.3 is 0 Å². The van der Waals surface area contributed by atoms with Crippen LogP contribution in [0.4, 0.5) is 0 Å². The van der Waals surface area contributed by atoms with Gasteiger partial charge in [0, 0.05) is 17.6 Å². The summed E-state index contributed by atoms with van der Waals surface area (Å²) in [6.45, 7) is 5.01. The zero-order valence-corrected chi connectivity index (χ0v) is 14.5. The first kappa shape index (κ1) is 17.0. The number of carbonyl (C=O) groups is 2. The molecule has 1 heterocycles. The lowest BCUT2D eigenvalue weighted by Crippen LogP contribution is -2.48. The molecule has 22 heavy (non-hydrogen) atoms. The van der Waals surface area contributed by atoms with Gasteiger partial charge in [0.25, 0.3) is 0 Å². The molecule has 1 atom stereocenters. The summed E-state index contributed by atoms with van der Waals surface area (Å²) in [5.41, 5.74) is 8.18. The molecule has 1 aromatic rings. The number of carbonyl (C=O) groups excluding carboxylic acids is 2. The lowest BCUT2D eigenvalue weighted by atomic mass is 10.00. The summed E-state index contributed by atoms with van der Waals surface area (Å²) in [6.07, 6.45) is 0.833. The Labute approximate surface area is 139 Å². The van der Waals surface area contributed by atoms with Gasteiger partial charge in [-0.15, -0.1) is 0 Å². The summed E-state index contributed by atoms with van der Waals surface area (Å²) in [5.74, 6) is -0.305. The minimum absolute atomic E-state index is 0.000953. The van der Waals surface area contributed by atoms with E-state index < -0.39 is 6.04 Å². The first-order valence-corrected chi connectivity index (χ1v) is 8.26. The first-order valence-electron chi connectivity index (χ1n) is 7.47. The molecule has 0 aliphatic carbocycles. The van der Waals surface area contributed by atoms with Crippen molar-refractivity contribution in [2.45, 2.75) is 32.9 Å². The van der Waals surface area contributed by atoms with Crippen molar-refractivity contribution in [1.82, 2.24) is 10.2 Å². The van der Waals surface area contributed by atoms with Crippen molar-refractivity contribution in [2.75, 3.05) is 13.1 Å². The Morgan fingerprint density at radius 3 is 2.82 bits per heavy atom. The van der Waals surface area contributed by atoms with Gasteiger partial charge in [-0.25, -0.2) is 0 Å². The van der Waals surface area contributed by atoms with Crippen molar-refractivity contribution >= 4 is 27.7 Å². The molecule has 3 N–H and O–H groups in total. The molecule has 0 spiro atoms. The molecule has 2 rings (SSSR count). The Hall–Kier alpha value is -1.40. The average molecular weight is 368 g/mol. The second kappa shape index (κ2) is 7.24. The van der Waals surface area contributed by atoms with Crippen molar-refractivity contribution in [3.63, 3.8) is 0 Å². The molecule has 5 nitrogen and oxygen atoms in total. The van der Waals surface area contributed by atoms with E-state index in [1.54, 1.807) is 4.90 Å². The molecule has 1 aromatic carbocycles. The highest BCUT2D eigenvalue weighted by Crippen LogP contribution is 2.26. The van der Waals surface area contributed by atoms with E-state index in [4.69, 9.17) is 5.73 Å². The van der Waals surface area contributed by atoms with Gasteiger partial charge < -0.3 is 16.0 Å². The molecule has 0 unspecified atom stereocenters. The Kier molecular flexibility index (Phi) is 5.58. The number of nitrogens with one attached hydrogen (secondary N) is 1. The van der Waals surface area contributed by atoms with E-state index in [2.05, 4.69) is 27.3 Å². The zero-order chi connectivity index (χ0) is 16.3. The number of halogens is 1. The molecule has 0 radical (unpaired) electrons. The minimum Gasteiger partial charge on any atom is -0.346 e. The van der Waals surface area contributed by atoms with E-state index in [0.29, 0.717) is 13.1 Å². The quantitative estimate of drug-likeness (QED) is 0.845. The van der Waals surface area contributed by atoms with E-state index in [-0.39, 0.29) is 24.3 Å². The zero-order valence-electron chi connectivity index (χ0n) is 12.9. The standard InChI is InChI=1S/C16H22BrN3O2/c1-10(2)15(18)16(22)19-8-14(21)20-7-6-11-4-3-5-13(17)12(11)9-20/h3-5,10,15H,6-9,18H2,1-2H3,(H,19,22)/t15-/m0/s1. The summed E-state index contributed by atoms with van der Waals surface area (Å²) in [6, 6.07) is 5.50. The Balaban J connectivity index is 1.92. The fourth-order valence-electron chi connectivity index (χ4n) is 2.45. The van der Waals surface area contributed by atoms with E-state index in [9.17, 15) is 9.59 Å². The number of nitrogens with zero attached hydrogens (tertiary/aromatic N) is 1. The fourth-order valence-corrected chi connectivity index (χ4v) is 2.98. The number of benzene rings is 1. The van der Waals surface area contributed by atoms with Gasteiger partial charge in [0.2, 0.25) is 11.8 Å². The van der Waals surface area contributed by atoms with Gasteiger partial charge in [-0.2, -0.15) is 0 Å². The monoisotopic (exact) mass is 367 g/mol. The van der Waals surface area contributed by atoms with E-state index >= 15 is 0 Å². The van der Waals surface area contributed by atoms with Crippen LogP contribution >= 0.6 is 15.9 Å². The van der Waals surface area contributed by atoms with Crippen LogP contribution in [0.15, 0.2) is 22.7 Å². The largest absolute Gasteiger partial charge is 0.346 e. The van der Waals surface area contributed by atoms with Crippen molar-refractivity contribution in [2.24, 2.45) is 11.7 Å². The maximum Gasteiger partial charge on any atom is 0.242 e. The molecule has 0 bridgehead atoms. The summed E-state index contributed by atoms with van der Waals surface area (Å²) in [5, 5.41) is 2.63. The van der Waals surface area contributed by atoms with Gasteiger partial charge in [-0.3, -0.25) is 9.59 Å². The van der Waals surface area contributed by atoms with Crippen LogP contribution in [0.1, 0.15) is 25.0 Å². The Morgan fingerprint density at radius 2 is 2.14 bits per heavy atom. The van der Waals surface area contributed by atoms with Crippen LogP contribution in [0.25, 0.3) is 0 Å². The van der Waals surface area contributed by atoms with Crippen LogP contribution in [-0.4, -0.2) is 35.8 Å². The minimum atomic E-state index is -0.580. The number of hydrogen-bond acceptors (Lipinski definition) is 3. The SMILES string of the molecule is CC(C)[C@H](N)C(=O)NCC(=O)N1CCc2cccc(Br)c2C1. The van der Waals surface area contributed by atoms with Crippen molar-refractivity contribution < 1.29 is 9.59 Å². The van der Waals surface area contributed by atoms with Crippen LogP contribution in [0, 0.1) is 5.92 Å². The molecule has 2 amide bonds. The lowest BCUT2D eigenvalue weighted by Gasteiger charge is -2.30. The highest BCUT2D eigenvalue weighted by Gasteiger charge is 2.23. The van der Waals surface area contributed by atoms with E-state index in [1.165, 1.54) is 5.56 Å². The second-order valence-electron chi connectivity index (χ2n) is 5.93. The normalized spacial score (nSPS) is 15.4. The molecule has 0 aromatic heterocycles. The van der Waals surface area contributed by atoms with Crippen LogP contribution in [0.3, 0.4) is 0 Å². The van der Waals surface area contributed by atoms with Crippen LogP contribution in [0.5, 0.6) is 0 Å². The number of fused-ring (bicyclic) bond motifs is 1. The van der Waals surface area contributed by atoms with Crippen molar-refractivity contribution in [1.29, 1.82) is 0 Å². The first-order chi connectivity index (χ1) is 10.4. The summed E-state index contributed by atoms with van der Waals surface area (Å²) >= 11 is 3.53. The molecule has 1 aliphatic heterocycles. The smallest absolute Gasteiger partial charge is 0.242 e. The number of amides is 2. The molecule has 0 saturated carbocycles. The number of hydrogen-bond donors (Lipinski definition) is 2. The van der Waals surface area contributed by atoms with Gasteiger partial charge in [-0.1, -0.05) is 41.9 Å². The summed E-state index contributed by atoms with van der Waals surface area (Å²) in [7, 11) is 0. The topological polar surface area (TPSA) is 75.4 Å². The predicted octanol–water partition coefficient (Wildman–Crippen LogP) is 1.43. The van der Waals surface area contributed by atoms with Gasteiger partial charge in [-0.05, 0) is 29.5 Å². The Bertz CT molecular complexity index is 575. The maximum absolute atomic E-state index is 12.3. The number of nitrogens with two attached hydrogens (primary N) is 1. The summed E-state index contributed by atoms with van der Waals surface area (Å²) < 4.78 is 1.02. The third-order valence-corrected chi connectivity index (χ3v) is 4.75. The van der Waals surface area contributed by atoms with Crippen molar-refractivity contribution in [3.8, 4) is 0 Å². The summed E-state index contributed by atoms with van der Waals surface area (Å²) in [4.78, 5) is 25.9. The molecule has 1 aliphatic rings. The van der Waals surface area contributed by atoms with Crippen LogP contribution in [0.2, 0.25) is 0 Å².